The maximum absolute atomic E-state index is 13.7. The molecular weight excluding hydrogens is 582 g/mol. The van der Waals surface area contributed by atoms with Crippen LogP contribution in [-0.2, 0) is 14.3 Å². The highest BCUT2D eigenvalue weighted by atomic mass is 79.9. The topological polar surface area (TPSA) is 113 Å². The molecule has 0 aliphatic carbocycles. The number of carbonyl (C=O) groups is 2. The van der Waals surface area contributed by atoms with E-state index in [1.165, 1.54) is 15.9 Å². The van der Waals surface area contributed by atoms with Gasteiger partial charge in [-0.1, -0.05) is 47.2 Å². The van der Waals surface area contributed by atoms with E-state index in [2.05, 4.69) is 20.9 Å². The van der Waals surface area contributed by atoms with Crippen LogP contribution in [0, 0.1) is 0 Å². The lowest BCUT2D eigenvalue weighted by molar-refractivity contribution is -0.143. The third-order valence-electron chi connectivity index (χ3n) is 5.41. The van der Waals surface area contributed by atoms with Crippen molar-refractivity contribution in [3.8, 4) is 5.75 Å². The molecule has 1 amide bonds. The molecule has 0 radical (unpaired) electrons. The molecule has 0 bridgehead atoms. The van der Waals surface area contributed by atoms with Crippen molar-refractivity contribution in [2.75, 3.05) is 6.61 Å². The highest BCUT2D eigenvalue weighted by Crippen LogP contribution is 2.34. The largest absolute Gasteiger partial charge is 0.483 e. The molecule has 0 saturated carbocycles. The van der Waals surface area contributed by atoms with E-state index in [1.54, 1.807) is 69.3 Å². The summed E-state index contributed by atoms with van der Waals surface area (Å²) < 4.78 is 13.4. The zero-order chi connectivity index (χ0) is 26.9. The number of ether oxygens (including phenoxy) is 2. The van der Waals surface area contributed by atoms with Gasteiger partial charge in [0.2, 0.25) is 0 Å². The number of hydrogen-bond donors (Lipinski definition) is 1. The summed E-state index contributed by atoms with van der Waals surface area (Å²) in [7, 11) is 0. The van der Waals surface area contributed by atoms with E-state index in [-0.39, 0.29) is 23.8 Å². The maximum Gasteiger partial charge on any atom is 0.338 e. The first-order valence-electron chi connectivity index (χ1n) is 11.3. The summed E-state index contributed by atoms with van der Waals surface area (Å²) in [5.41, 5.74) is 6.86. The molecule has 1 aromatic heterocycles. The summed E-state index contributed by atoms with van der Waals surface area (Å²) >= 11 is 11.2. The standard InChI is InChI=1S/C26H23BrClN3O5S/c1-13(2)36-25(34)22-14(3)30-26-31(23(22)16-6-4-5-7-18(16)28)24(33)20(37-26)11-15-8-9-19(17(27)10-15)35-12-21(29)32/h4-11,13,23H,12H2,1-3H3,(H2,29,32). The number of hydrogen-bond acceptors (Lipinski definition) is 7. The quantitative estimate of drug-likeness (QED) is 0.415. The van der Waals surface area contributed by atoms with Gasteiger partial charge in [-0.15, -0.1) is 0 Å². The Morgan fingerprint density at radius 2 is 2.00 bits per heavy atom. The second kappa shape index (κ2) is 11.0. The van der Waals surface area contributed by atoms with Crippen molar-refractivity contribution < 1.29 is 19.1 Å². The average Bonchev–Trinajstić information content (AvgIpc) is 3.11. The first kappa shape index (κ1) is 26.8. The monoisotopic (exact) mass is 603 g/mol. The van der Waals surface area contributed by atoms with Crippen LogP contribution in [-0.4, -0.2) is 29.2 Å². The molecule has 1 unspecified atom stereocenters. The molecule has 2 N–H and O–H groups in total. The number of halogens is 2. The third kappa shape index (κ3) is 5.71. The van der Waals surface area contributed by atoms with Crippen molar-refractivity contribution in [1.82, 2.24) is 4.57 Å². The van der Waals surface area contributed by atoms with E-state index in [0.717, 1.165) is 0 Å². The number of allylic oxidation sites excluding steroid dienone is 1. The minimum Gasteiger partial charge on any atom is -0.483 e. The molecule has 3 aromatic rings. The Labute approximate surface area is 229 Å². The third-order valence-corrected chi connectivity index (χ3v) is 7.35. The van der Waals surface area contributed by atoms with Gasteiger partial charge < -0.3 is 15.2 Å². The Bertz CT molecular complexity index is 1610. The van der Waals surface area contributed by atoms with Crippen LogP contribution in [0.1, 0.15) is 37.9 Å². The van der Waals surface area contributed by atoms with Crippen LogP contribution < -0.4 is 25.4 Å². The van der Waals surface area contributed by atoms with Crippen LogP contribution in [0.2, 0.25) is 5.02 Å². The number of thiazole rings is 1. The molecule has 4 rings (SSSR count). The first-order valence-corrected chi connectivity index (χ1v) is 13.2. The van der Waals surface area contributed by atoms with Gasteiger partial charge in [-0.25, -0.2) is 9.79 Å². The number of rotatable bonds is 7. The summed E-state index contributed by atoms with van der Waals surface area (Å²) in [6, 6.07) is 11.5. The predicted molar refractivity (Wildman–Crippen MR) is 145 cm³/mol. The molecule has 8 nitrogen and oxygen atoms in total. The van der Waals surface area contributed by atoms with Crippen molar-refractivity contribution in [1.29, 1.82) is 0 Å². The average molecular weight is 605 g/mol. The van der Waals surface area contributed by atoms with Crippen molar-refractivity contribution in [3.63, 3.8) is 0 Å². The minimum absolute atomic E-state index is 0.250. The summed E-state index contributed by atoms with van der Waals surface area (Å²) in [6.45, 7) is 4.99. The molecule has 37 heavy (non-hydrogen) atoms. The molecule has 11 heteroatoms. The summed E-state index contributed by atoms with van der Waals surface area (Å²) in [5, 5.41) is 0.419. The fourth-order valence-electron chi connectivity index (χ4n) is 3.88. The minimum atomic E-state index is -0.797. The van der Waals surface area contributed by atoms with Gasteiger partial charge in [0.1, 0.15) is 11.8 Å². The molecule has 2 heterocycles. The number of nitrogens with zero attached hydrogens (tertiary/aromatic N) is 2. The van der Waals surface area contributed by atoms with E-state index in [1.807, 2.05) is 0 Å². The van der Waals surface area contributed by atoms with E-state index in [0.29, 0.717) is 41.4 Å². The van der Waals surface area contributed by atoms with Crippen LogP contribution in [0.5, 0.6) is 5.75 Å². The van der Waals surface area contributed by atoms with Gasteiger partial charge in [0, 0.05) is 5.02 Å². The zero-order valence-electron chi connectivity index (χ0n) is 20.2. The predicted octanol–water partition coefficient (Wildman–Crippen LogP) is 3.47. The van der Waals surface area contributed by atoms with Gasteiger partial charge in [0.05, 0.1) is 26.4 Å². The normalized spacial score (nSPS) is 15.4. The lowest BCUT2D eigenvalue weighted by atomic mass is 9.96. The van der Waals surface area contributed by atoms with Crippen molar-refractivity contribution in [2.24, 2.45) is 10.7 Å². The summed E-state index contributed by atoms with van der Waals surface area (Å²) in [4.78, 5) is 42.9. The fourth-order valence-corrected chi connectivity index (χ4v) is 5.67. The number of amides is 1. The first-order chi connectivity index (χ1) is 17.6. The van der Waals surface area contributed by atoms with Gasteiger partial charge in [-0.3, -0.25) is 14.2 Å². The molecule has 0 saturated heterocycles. The van der Waals surface area contributed by atoms with Crippen LogP contribution in [0.15, 0.2) is 68.0 Å². The Kier molecular flexibility index (Phi) is 8.01. The number of aromatic nitrogens is 1. The highest BCUT2D eigenvalue weighted by Gasteiger charge is 2.34. The molecule has 1 atom stereocenters. The van der Waals surface area contributed by atoms with Gasteiger partial charge >= 0.3 is 5.97 Å². The summed E-state index contributed by atoms with van der Waals surface area (Å²) in [6.07, 6.45) is 1.37. The molecular formula is C26H23BrClN3O5S. The zero-order valence-corrected chi connectivity index (χ0v) is 23.3. The van der Waals surface area contributed by atoms with Crippen molar-refractivity contribution in [2.45, 2.75) is 32.9 Å². The fraction of sp³-hybridized carbons (Fsp3) is 0.231. The number of benzene rings is 2. The number of esters is 1. The van der Waals surface area contributed by atoms with Crippen LogP contribution in [0.25, 0.3) is 6.08 Å². The number of carbonyl (C=O) groups excluding carboxylic acids is 2. The molecule has 1 aliphatic rings. The van der Waals surface area contributed by atoms with E-state index < -0.39 is 17.9 Å². The molecule has 1 aliphatic heterocycles. The van der Waals surface area contributed by atoms with Gasteiger partial charge in [-0.05, 0) is 72.1 Å². The second-order valence-electron chi connectivity index (χ2n) is 8.50. The molecule has 2 aromatic carbocycles. The van der Waals surface area contributed by atoms with E-state index in [9.17, 15) is 14.4 Å². The number of fused-ring (bicyclic) bond motifs is 1. The van der Waals surface area contributed by atoms with Crippen LogP contribution in [0.3, 0.4) is 0 Å². The van der Waals surface area contributed by atoms with Gasteiger partial charge in [0.25, 0.3) is 11.5 Å². The summed E-state index contributed by atoms with van der Waals surface area (Å²) in [5.74, 6) is -0.692. The maximum atomic E-state index is 13.7. The Hall–Kier alpha value is -3.21. The Balaban J connectivity index is 1.85. The molecule has 192 valence electrons. The molecule has 0 spiro atoms. The van der Waals surface area contributed by atoms with Crippen LogP contribution >= 0.6 is 38.9 Å². The van der Waals surface area contributed by atoms with Gasteiger partial charge in [-0.2, -0.15) is 0 Å². The Morgan fingerprint density at radius 3 is 2.65 bits per heavy atom. The van der Waals surface area contributed by atoms with Gasteiger partial charge in [0.15, 0.2) is 11.4 Å². The smallest absolute Gasteiger partial charge is 0.338 e. The molecule has 0 fully saturated rings. The Morgan fingerprint density at radius 1 is 1.27 bits per heavy atom. The second-order valence-corrected chi connectivity index (χ2v) is 10.8. The van der Waals surface area contributed by atoms with Crippen molar-refractivity contribution in [3.05, 3.63) is 94.0 Å². The van der Waals surface area contributed by atoms with E-state index >= 15 is 0 Å². The van der Waals surface area contributed by atoms with Crippen LogP contribution in [0.4, 0.5) is 0 Å². The highest BCUT2D eigenvalue weighted by molar-refractivity contribution is 9.10. The lowest BCUT2D eigenvalue weighted by Crippen LogP contribution is -2.40. The van der Waals surface area contributed by atoms with E-state index in [4.69, 9.17) is 26.8 Å². The van der Waals surface area contributed by atoms with Crippen molar-refractivity contribution >= 4 is 56.8 Å². The number of primary amides is 1. The number of nitrogens with two attached hydrogens (primary N) is 1. The lowest BCUT2D eigenvalue weighted by Gasteiger charge is -2.26. The SMILES string of the molecule is CC1=C(C(=O)OC(C)C)C(c2ccccc2Cl)n2c(sc(=Cc3ccc(OCC(N)=O)c(Br)c3)c2=O)=N1.